The van der Waals surface area contributed by atoms with E-state index in [1.807, 2.05) is 41.4 Å². The lowest BCUT2D eigenvalue weighted by Gasteiger charge is -2.31. The summed E-state index contributed by atoms with van der Waals surface area (Å²) in [5, 5.41) is 2.06. The molecule has 6 nitrogen and oxygen atoms in total. The highest BCUT2D eigenvalue weighted by atomic mass is 32.1. The van der Waals surface area contributed by atoms with Gasteiger partial charge in [-0.05, 0) is 42.0 Å². The van der Waals surface area contributed by atoms with E-state index >= 15 is 0 Å². The number of benzene rings is 1. The smallest absolute Gasteiger partial charge is 0.259 e. The number of morpholine rings is 1. The SMILES string of the molecule is O=C(c1ccc(-c2cccs2)cc1)N1CCCc2cnc(N3CCOCC3)nc21. The van der Waals surface area contributed by atoms with Gasteiger partial charge in [0.1, 0.15) is 5.82 Å². The number of nitrogens with zero attached hydrogens (tertiary/aromatic N) is 4. The van der Waals surface area contributed by atoms with Gasteiger partial charge in [-0.3, -0.25) is 9.69 Å². The molecule has 0 bridgehead atoms. The maximum absolute atomic E-state index is 13.3. The van der Waals surface area contributed by atoms with Gasteiger partial charge in [0.2, 0.25) is 5.95 Å². The summed E-state index contributed by atoms with van der Waals surface area (Å²) < 4.78 is 5.43. The molecule has 7 heteroatoms. The van der Waals surface area contributed by atoms with Crippen molar-refractivity contribution in [2.24, 2.45) is 0 Å². The van der Waals surface area contributed by atoms with Crippen LogP contribution >= 0.6 is 11.3 Å². The fraction of sp³-hybridized carbons (Fsp3) is 0.318. The first kappa shape index (κ1) is 18.3. The van der Waals surface area contributed by atoms with Crippen LogP contribution in [0.2, 0.25) is 0 Å². The van der Waals surface area contributed by atoms with E-state index in [1.54, 1.807) is 11.3 Å². The maximum Gasteiger partial charge on any atom is 0.259 e. The predicted molar refractivity (Wildman–Crippen MR) is 115 cm³/mol. The second-order valence-electron chi connectivity index (χ2n) is 7.23. The average Bonchev–Trinajstić information content (AvgIpc) is 3.34. The molecule has 4 heterocycles. The lowest BCUT2D eigenvalue weighted by molar-refractivity contribution is 0.0984. The van der Waals surface area contributed by atoms with Crippen molar-refractivity contribution < 1.29 is 9.53 Å². The minimum absolute atomic E-state index is 0.00435. The minimum atomic E-state index is -0.00435. The van der Waals surface area contributed by atoms with Gasteiger partial charge in [-0.25, -0.2) is 4.98 Å². The molecular weight excluding hydrogens is 384 g/mol. The molecule has 1 amide bonds. The van der Waals surface area contributed by atoms with Crippen molar-refractivity contribution >= 4 is 29.0 Å². The van der Waals surface area contributed by atoms with Crippen LogP contribution in [0.15, 0.2) is 48.0 Å². The summed E-state index contributed by atoms with van der Waals surface area (Å²) in [5.41, 5.74) is 2.86. The Morgan fingerprint density at radius 1 is 1.07 bits per heavy atom. The molecule has 0 atom stereocenters. The number of carbonyl (C=O) groups is 1. The van der Waals surface area contributed by atoms with E-state index in [9.17, 15) is 4.79 Å². The van der Waals surface area contributed by atoms with Crippen LogP contribution in [0.25, 0.3) is 10.4 Å². The van der Waals surface area contributed by atoms with Crippen molar-refractivity contribution in [1.29, 1.82) is 0 Å². The van der Waals surface area contributed by atoms with Gasteiger partial charge in [-0.2, -0.15) is 4.98 Å². The Bertz CT molecular complexity index is 998. The minimum Gasteiger partial charge on any atom is -0.378 e. The predicted octanol–water partition coefficient (Wildman–Crippen LogP) is 3.63. The summed E-state index contributed by atoms with van der Waals surface area (Å²) in [6.07, 6.45) is 3.71. The highest BCUT2D eigenvalue weighted by molar-refractivity contribution is 7.13. The largest absolute Gasteiger partial charge is 0.378 e. The molecule has 0 N–H and O–H groups in total. The van der Waals surface area contributed by atoms with Crippen molar-refractivity contribution in [3.8, 4) is 10.4 Å². The Labute approximate surface area is 173 Å². The highest BCUT2D eigenvalue weighted by Crippen LogP contribution is 2.29. The molecule has 1 fully saturated rings. The van der Waals surface area contributed by atoms with Crippen molar-refractivity contribution in [3.05, 3.63) is 59.1 Å². The molecule has 2 aromatic heterocycles. The molecule has 0 radical (unpaired) electrons. The number of amides is 1. The maximum atomic E-state index is 13.3. The van der Waals surface area contributed by atoms with Gasteiger partial charge in [0.05, 0.1) is 13.2 Å². The van der Waals surface area contributed by atoms with Gasteiger partial charge in [-0.1, -0.05) is 18.2 Å². The number of ether oxygens (including phenoxy) is 1. The Morgan fingerprint density at radius 3 is 2.66 bits per heavy atom. The third kappa shape index (κ3) is 3.63. The summed E-state index contributed by atoms with van der Waals surface area (Å²) in [4.78, 5) is 27.8. The van der Waals surface area contributed by atoms with Gasteiger partial charge >= 0.3 is 0 Å². The van der Waals surface area contributed by atoms with Gasteiger partial charge in [-0.15, -0.1) is 11.3 Å². The Hall–Kier alpha value is -2.77. The Morgan fingerprint density at radius 2 is 1.90 bits per heavy atom. The monoisotopic (exact) mass is 406 g/mol. The van der Waals surface area contributed by atoms with Crippen LogP contribution in [0.4, 0.5) is 11.8 Å². The van der Waals surface area contributed by atoms with Gasteiger partial charge in [0.25, 0.3) is 5.91 Å². The van der Waals surface area contributed by atoms with E-state index < -0.39 is 0 Å². The zero-order chi connectivity index (χ0) is 19.6. The second kappa shape index (κ2) is 7.93. The summed E-state index contributed by atoms with van der Waals surface area (Å²) in [6.45, 7) is 3.59. The third-order valence-electron chi connectivity index (χ3n) is 5.39. The Kier molecular flexibility index (Phi) is 4.99. The molecule has 2 aliphatic rings. The standard InChI is InChI=1S/C22H22N4O2S/c27-21(17-7-5-16(6-8-17)19-4-2-14-29-19)26-9-1-3-18-15-23-22(24-20(18)26)25-10-12-28-13-11-25/h2,4-8,14-15H,1,3,9-13H2. The van der Waals surface area contributed by atoms with Crippen LogP contribution in [0.5, 0.6) is 0 Å². The van der Waals surface area contributed by atoms with Crippen LogP contribution in [-0.4, -0.2) is 48.7 Å². The van der Waals surface area contributed by atoms with E-state index in [-0.39, 0.29) is 5.91 Å². The van der Waals surface area contributed by atoms with Crippen LogP contribution in [0, 0.1) is 0 Å². The molecule has 1 aromatic carbocycles. The van der Waals surface area contributed by atoms with Crippen LogP contribution in [0.1, 0.15) is 22.3 Å². The van der Waals surface area contributed by atoms with Crippen LogP contribution in [-0.2, 0) is 11.2 Å². The quantitative estimate of drug-likeness (QED) is 0.665. The van der Waals surface area contributed by atoms with E-state index in [1.165, 1.54) is 4.88 Å². The van der Waals surface area contributed by atoms with E-state index in [4.69, 9.17) is 9.72 Å². The van der Waals surface area contributed by atoms with Gasteiger partial charge in [0, 0.05) is 41.8 Å². The number of fused-ring (bicyclic) bond motifs is 1. The van der Waals surface area contributed by atoms with E-state index in [0.717, 1.165) is 42.9 Å². The summed E-state index contributed by atoms with van der Waals surface area (Å²) in [5.74, 6) is 1.43. The van der Waals surface area contributed by atoms with Crippen molar-refractivity contribution in [2.45, 2.75) is 12.8 Å². The first-order valence-electron chi connectivity index (χ1n) is 9.94. The zero-order valence-electron chi connectivity index (χ0n) is 16.1. The number of aromatic nitrogens is 2. The third-order valence-corrected chi connectivity index (χ3v) is 6.31. The first-order valence-corrected chi connectivity index (χ1v) is 10.8. The molecule has 148 valence electrons. The molecule has 0 unspecified atom stereocenters. The number of thiophene rings is 1. The number of hydrogen-bond acceptors (Lipinski definition) is 6. The summed E-state index contributed by atoms with van der Waals surface area (Å²) >= 11 is 1.70. The van der Waals surface area contributed by atoms with Crippen molar-refractivity contribution in [3.63, 3.8) is 0 Å². The van der Waals surface area contributed by atoms with Gasteiger partial charge < -0.3 is 9.64 Å². The number of carbonyl (C=O) groups excluding carboxylic acids is 1. The molecule has 3 aromatic rings. The molecule has 5 rings (SSSR count). The normalized spacial score (nSPS) is 16.6. The molecule has 0 spiro atoms. The molecule has 2 aliphatic heterocycles. The topological polar surface area (TPSA) is 58.6 Å². The first-order chi connectivity index (χ1) is 14.3. The lowest BCUT2D eigenvalue weighted by Crippen LogP contribution is -2.39. The zero-order valence-corrected chi connectivity index (χ0v) is 16.9. The second-order valence-corrected chi connectivity index (χ2v) is 8.18. The summed E-state index contributed by atoms with van der Waals surface area (Å²) in [6, 6.07) is 12.0. The number of hydrogen-bond donors (Lipinski definition) is 0. The molecule has 29 heavy (non-hydrogen) atoms. The number of aryl methyl sites for hydroxylation is 1. The van der Waals surface area contributed by atoms with Crippen molar-refractivity contribution in [1.82, 2.24) is 9.97 Å². The molecule has 0 aliphatic carbocycles. The van der Waals surface area contributed by atoms with Crippen LogP contribution in [0.3, 0.4) is 0 Å². The number of rotatable bonds is 3. The lowest BCUT2D eigenvalue weighted by atomic mass is 10.0. The highest BCUT2D eigenvalue weighted by Gasteiger charge is 2.27. The number of anilines is 2. The molecule has 1 saturated heterocycles. The van der Waals surface area contributed by atoms with E-state index in [0.29, 0.717) is 31.3 Å². The summed E-state index contributed by atoms with van der Waals surface area (Å²) in [7, 11) is 0. The average molecular weight is 407 g/mol. The van der Waals surface area contributed by atoms with E-state index in [2.05, 4.69) is 21.3 Å². The molecular formula is C22H22N4O2S. The fourth-order valence-electron chi connectivity index (χ4n) is 3.82. The Balaban J connectivity index is 1.42. The molecule has 0 saturated carbocycles. The van der Waals surface area contributed by atoms with Crippen molar-refractivity contribution in [2.75, 3.05) is 42.6 Å². The van der Waals surface area contributed by atoms with Crippen LogP contribution < -0.4 is 9.80 Å². The fourth-order valence-corrected chi connectivity index (χ4v) is 4.55. The van der Waals surface area contributed by atoms with Gasteiger partial charge in [0.15, 0.2) is 0 Å².